The molecule has 1 atom stereocenters. The number of rotatable bonds is 10. The summed E-state index contributed by atoms with van der Waals surface area (Å²) in [6, 6.07) is 15.2. The van der Waals surface area contributed by atoms with Crippen molar-refractivity contribution in [2.45, 2.75) is 102 Å². The molecule has 4 bridgehead atoms. The van der Waals surface area contributed by atoms with Crippen molar-refractivity contribution in [1.29, 1.82) is 0 Å². The van der Waals surface area contributed by atoms with E-state index in [2.05, 4.69) is 17.4 Å². The number of anilines is 1. The van der Waals surface area contributed by atoms with Crippen LogP contribution in [0, 0.1) is 24.7 Å². The number of benzene rings is 2. The molecule has 0 aromatic heterocycles. The Labute approximate surface area is 257 Å². The first-order valence-corrected chi connectivity index (χ1v) is 18.1. The van der Waals surface area contributed by atoms with Crippen LogP contribution in [0.4, 0.5) is 5.69 Å². The Hall–Kier alpha value is -2.87. The van der Waals surface area contributed by atoms with Gasteiger partial charge in [-0.05, 0) is 112 Å². The van der Waals surface area contributed by atoms with Crippen molar-refractivity contribution < 1.29 is 18.0 Å². The van der Waals surface area contributed by atoms with Crippen LogP contribution in [-0.4, -0.2) is 50.0 Å². The van der Waals surface area contributed by atoms with Gasteiger partial charge in [-0.25, -0.2) is 8.42 Å². The lowest BCUT2D eigenvalue weighted by Gasteiger charge is -2.57. The maximum absolute atomic E-state index is 14.0. The molecule has 5 fully saturated rings. The predicted molar refractivity (Wildman–Crippen MR) is 170 cm³/mol. The van der Waals surface area contributed by atoms with Crippen LogP contribution in [0.15, 0.2) is 48.5 Å². The zero-order valence-electron chi connectivity index (χ0n) is 25.9. The molecule has 0 heterocycles. The monoisotopic (exact) mass is 605 g/mol. The average Bonchev–Trinajstić information content (AvgIpc) is 3.46. The fourth-order valence-corrected chi connectivity index (χ4v) is 9.89. The second-order valence-corrected chi connectivity index (χ2v) is 16.1. The van der Waals surface area contributed by atoms with E-state index >= 15 is 0 Å². The van der Waals surface area contributed by atoms with E-state index in [0.29, 0.717) is 5.69 Å². The average molecular weight is 606 g/mol. The number of nitrogens with one attached hydrogen (secondary N) is 1. The van der Waals surface area contributed by atoms with Gasteiger partial charge in [-0.1, -0.05) is 54.8 Å². The van der Waals surface area contributed by atoms with E-state index in [1.165, 1.54) is 53.3 Å². The lowest BCUT2D eigenvalue weighted by Crippen LogP contribution is -2.52. The lowest BCUT2D eigenvalue weighted by atomic mass is 9.48. The Bertz CT molecular complexity index is 1410. The third kappa shape index (κ3) is 6.50. The Balaban J connectivity index is 1.23. The first-order valence-electron chi connectivity index (χ1n) is 16.2. The highest BCUT2D eigenvalue weighted by atomic mass is 32.2. The van der Waals surface area contributed by atoms with Crippen molar-refractivity contribution in [3.63, 3.8) is 0 Å². The molecule has 2 aromatic carbocycles. The number of carbonyl (C=O) groups is 2. The number of hydrogen-bond donors (Lipinski definition) is 1. The minimum atomic E-state index is -3.76. The van der Waals surface area contributed by atoms with Crippen LogP contribution in [0.3, 0.4) is 0 Å². The van der Waals surface area contributed by atoms with Gasteiger partial charge in [0.1, 0.15) is 12.6 Å². The van der Waals surface area contributed by atoms with Gasteiger partial charge in [0.15, 0.2) is 0 Å². The molecule has 2 aromatic rings. The summed E-state index contributed by atoms with van der Waals surface area (Å²) in [7, 11) is -3.76. The van der Waals surface area contributed by atoms with Crippen molar-refractivity contribution in [3.05, 3.63) is 65.2 Å². The van der Waals surface area contributed by atoms with Crippen LogP contribution >= 0.6 is 0 Å². The molecule has 1 unspecified atom stereocenters. The molecule has 43 heavy (non-hydrogen) atoms. The minimum absolute atomic E-state index is 0.130. The van der Waals surface area contributed by atoms with E-state index in [1.54, 1.807) is 6.92 Å². The third-order valence-electron chi connectivity index (χ3n) is 10.8. The molecule has 0 aliphatic heterocycles. The van der Waals surface area contributed by atoms with Crippen LogP contribution in [-0.2, 0) is 31.6 Å². The van der Waals surface area contributed by atoms with Gasteiger partial charge in [-0.15, -0.1) is 0 Å². The summed E-state index contributed by atoms with van der Waals surface area (Å²) in [5, 5.41) is 3.12. The van der Waals surface area contributed by atoms with Crippen LogP contribution in [0.2, 0.25) is 0 Å². The summed E-state index contributed by atoms with van der Waals surface area (Å²) in [5.41, 5.74) is 3.98. The van der Waals surface area contributed by atoms with Gasteiger partial charge < -0.3 is 10.2 Å². The molecule has 0 spiro atoms. The second-order valence-electron chi connectivity index (χ2n) is 14.2. The van der Waals surface area contributed by atoms with Crippen molar-refractivity contribution >= 4 is 27.5 Å². The number of amides is 2. The van der Waals surface area contributed by atoms with Gasteiger partial charge in [0.25, 0.3) is 0 Å². The molecule has 0 saturated heterocycles. The van der Waals surface area contributed by atoms with Crippen molar-refractivity contribution in [3.8, 4) is 0 Å². The van der Waals surface area contributed by atoms with Crippen LogP contribution in [0.1, 0.15) is 87.8 Å². The Kier molecular flexibility index (Phi) is 8.35. The maximum atomic E-state index is 14.0. The highest BCUT2D eigenvalue weighted by molar-refractivity contribution is 7.92. The summed E-state index contributed by atoms with van der Waals surface area (Å²) in [6.07, 6.45) is 13.1. The summed E-state index contributed by atoms with van der Waals surface area (Å²) < 4.78 is 27.4. The van der Waals surface area contributed by atoms with Gasteiger partial charge in [0.2, 0.25) is 21.8 Å². The maximum Gasteiger partial charge on any atom is 0.244 e. The molecular weight excluding hydrogens is 558 g/mol. The molecule has 1 N–H and O–H groups in total. The standard InChI is InChI=1S/C35H47N3O4S/c1-24-7-6-8-26(15-24)22-37(25(2)34(40)36-31-9-4-5-10-31)33(39)23-38(43(3,41)42)32-13-11-30(12-14-32)35-19-27-16-28(20-35)18-29(17-27)21-35/h6-8,11-15,25,27-29,31H,4-5,9-10,16-23H2,1-3H3,(H,36,40). The SMILES string of the molecule is Cc1cccc(CN(C(=O)CN(c2ccc(C34CC5CC(CC(C5)C3)C4)cc2)S(C)(=O)=O)C(C)C(=O)NC2CCCC2)c1. The van der Waals surface area contributed by atoms with Gasteiger partial charge in [0.05, 0.1) is 11.9 Å². The Morgan fingerprint density at radius 3 is 2.12 bits per heavy atom. The van der Waals surface area contributed by atoms with E-state index in [0.717, 1.165) is 60.8 Å². The fourth-order valence-electron chi connectivity index (χ4n) is 9.04. The number of sulfonamides is 1. The summed E-state index contributed by atoms with van der Waals surface area (Å²) >= 11 is 0. The summed E-state index contributed by atoms with van der Waals surface area (Å²) in [4.78, 5) is 28.8. The normalized spacial score (nSPS) is 27.2. The highest BCUT2D eigenvalue weighted by Crippen LogP contribution is 2.60. The fraction of sp³-hybridized carbons (Fsp3) is 0.600. The van der Waals surface area contributed by atoms with Crippen molar-refractivity contribution in [2.24, 2.45) is 17.8 Å². The number of aryl methyl sites for hydroxylation is 1. The Morgan fingerprint density at radius 2 is 1.56 bits per heavy atom. The van der Waals surface area contributed by atoms with E-state index in [1.807, 2.05) is 43.3 Å². The minimum Gasteiger partial charge on any atom is -0.352 e. The van der Waals surface area contributed by atoms with Crippen LogP contribution in [0.5, 0.6) is 0 Å². The highest BCUT2D eigenvalue weighted by Gasteiger charge is 2.51. The van der Waals surface area contributed by atoms with Crippen molar-refractivity contribution in [1.82, 2.24) is 10.2 Å². The molecule has 2 amide bonds. The first kappa shape index (κ1) is 30.2. The van der Waals surface area contributed by atoms with E-state index in [4.69, 9.17) is 0 Å². The summed E-state index contributed by atoms with van der Waals surface area (Å²) in [5.74, 6) is 1.87. The number of nitrogens with zero attached hydrogens (tertiary/aromatic N) is 2. The zero-order chi connectivity index (χ0) is 30.4. The molecule has 0 radical (unpaired) electrons. The van der Waals surface area contributed by atoms with Gasteiger partial charge >= 0.3 is 0 Å². The van der Waals surface area contributed by atoms with Crippen molar-refractivity contribution in [2.75, 3.05) is 17.1 Å². The third-order valence-corrected chi connectivity index (χ3v) is 11.9. The smallest absolute Gasteiger partial charge is 0.244 e. The quantitative estimate of drug-likeness (QED) is 0.376. The molecule has 8 heteroatoms. The summed E-state index contributed by atoms with van der Waals surface area (Å²) in [6.45, 7) is 3.60. The number of hydrogen-bond acceptors (Lipinski definition) is 4. The first-order chi connectivity index (χ1) is 20.5. The molecule has 5 aliphatic carbocycles. The predicted octanol–water partition coefficient (Wildman–Crippen LogP) is 5.70. The molecule has 5 aliphatic rings. The van der Waals surface area contributed by atoms with E-state index < -0.39 is 22.0 Å². The lowest BCUT2D eigenvalue weighted by molar-refractivity contribution is -0.139. The molecular formula is C35H47N3O4S. The van der Waals surface area contributed by atoms with Gasteiger partial charge in [-0.3, -0.25) is 13.9 Å². The molecule has 5 saturated carbocycles. The van der Waals surface area contributed by atoms with Crippen LogP contribution in [0.25, 0.3) is 0 Å². The molecule has 7 nitrogen and oxygen atoms in total. The zero-order valence-corrected chi connectivity index (χ0v) is 26.7. The van der Waals surface area contributed by atoms with Gasteiger partial charge in [0, 0.05) is 12.6 Å². The van der Waals surface area contributed by atoms with E-state index in [9.17, 15) is 18.0 Å². The molecule has 7 rings (SSSR count). The second kappa shape index (κ2) is 11.9. The van der Waals surface area contributed by atoms with Gasteiger partial charge in [-0.2, -0.15) is 0 Å². The number of carbonyl (C=O) groups excluding carboxylic acids is 2. The van der Waals surface area contributed by atoms with E-state index in [-0.39, 0.29) is 30.5 Å². The topological polar surface area (TPSA) is 86.8 Å². The molecule has 232 valence electrons. The Morgan fingerprint density at radius 1 is 0.953 bits per heavy atom. The van der Waals surface area contributed by atoms with Crippen LogP contribution < -0.4 is 9.62 Å². The largest absolute Gasteiger partial charge is 0.352 e.